The highest BCUT2D eigenvalue weighted by atomic mass is 16.5. The second-order valence-corrected chi connectivity index (χ2v) is 11.8. The highest BCUT2D eigenvalue weighted by Crippen LogP contribution is 2.30. The number of rotatable bonds is 18. The Morgan fingerprint density at radius 2 is 1.57 bits per heavy atom. The molecule has 9 nitrogen and oxygen atoms in total. The molecule has 0 radical (unpaired) electrons. The van der Waals surface area contributed by atoms with Crippen LogP contribution in [0.5, 0.6) is 17.2 Å². The van der Waals surface area contributed by atoms with Crippen LogP contribution in [0.25, 0.3) is 10.8 Å². The number of likely N-dealkylation sites (N-methyl/N-ethyl adjacent to an activating group) is 1. The van der Waals surface area contributed by atoms with E-state index in [1.807, 2.05) is 55.6 Å². The second kappa shape index (κ2) is 17.9. The van der Waals surface area contributed by atoms with Crippen molar-refractivity contribution in [3.05, 3.63) is 96.1 Å². The number of nitrogens with zero attached hydrogens (tertiary/aromatic N) is 1. The van der Waals surface area contributed by atoms with Crippen molar-refractivity contribution in [2.24, 2.45) is 0 Å². The van der Waals surface area contributed by atoms with Gasteiger partial charge in [0.2, 0.25) is 0 Å². The van der Waals surface area contributed by atoms with Gasteiger partial charge in [-0.2, -0.15) is 0 Å². The molecule has 1 fully saturated rings. The van der Waals surface area contributed by atoms with Crippen LogP contribution in [-0.2, 0) is 27.4 Å². The zero-order valence-electron chi connectivity index (χ0n) is 27.7. The molecule has 0 aromatic heterocycles. The van der Waals surface area contributed by atoms with E-state index < -0.39 is 6.10 Å². The largest absolute Gasteiger partial charge is 0.496 e. The zero-order chi connectivity index (χ0) is 32.8. The lowest BCUT2D eigenvalue weighted by Crippen LogP contribution is -2.48. The summed E-state index contributed by atoms with van der Waals surface area (Å²) in [6, 6.07) is 28.5. The summed E-state index contributed by atoms with van der Waals surface area (Å²) in [5.74, 6) is 2.50. The lowest BCUT2D eigenvalue weighted by molar-refractivity contribution is -0.0544. The molecule has 5 rings (SSSR count). The van der Waals surface area contributed by atoms with Crippen molar-refractivity contribution < 1.29 is 33.5 Å². The summed E-state index contributed by atoms with van der Waals surface area (Å²) in [7, 11) is 5.19. The van der Waals surface area contributed by atoms with Gasteiger partial charge in [0.25, 0.3) is 0 Å². The van der Waals surface area contributed by atoms with Gasteiger partial charge in [0.1, 0.15) is 17.2 Å². The van der Waals surface area contributed by atoms with Gasteiger partial charge < -0.3 is 43.7 Å². The van der Waals surface area contributed by atoms with E-state index in [0.717, 1.165) is 64.2 Å². The molecule has 3 unspecified atom stereocenters. The van der Waals surface area contributed by atoms with Crippen molar-refractivity contribution in [1.29, 1.82) is 0 Å². The van der Waals surface area contributed by atoms with Crippen molar-refractivity contribution in [2.75, 3.05) is 65.6 Å². The maximum absolute atomic E-state index is 10.3. The van der Waals surface area contributed by atoms with Crippen LogP contribution in [0.3, 0.4) is 0 Å². The molecule has 4 aromatic rings. The summed E-state index contributed by atoms with van der Waals surface area (Å²) in [4.78, 5) is 2.29. The minimum atomic E-state index is -0.567. The lowest BCUT2D eigenvalue weighted by atomic mass is 10.0. The Morgan fingerprint density at radius 3 is 2.36 bits per heavy atom. The summed E-state index contributed by atoms with van der Waals surface area (Å²) < 4.78 is 35.6. The lowest BCUT2D eigenvalue weighted by Gasteiger charge is -2.39. The predicted molar refractivity (Wildman–Crippen MR) is 185 cm³/mol. The Hall–Kier alpha value is -3.86. The van der Waals surface area contributed by atoms with Gasteiger partial charge in [0.05, 0.1) is 65.6 Å². The number of ether oxygens (including phenoxy) is 6. The van der Waals surface area contributed by atoms with E-state index in [0.29, 0.717) is 39.5 Å². The number of nitrogens with one attached hydrogen (secondary N) is 1. The van der Waals surface area contributed by atoms with Crippen LogP contribution in [0.1, 0.15) is 24.0 Å². The first-order valence-electron chi connectivity index (χ1n) is 16.3. The van der Waals surface area contributed by atoms with E-state index in [2.05, 4.69) is 46.6 Å². The fraction of sp³-hybridized carbons (Fsp3) is 0.421. The quantitative estimate of drug-likeness (QED) is 0.134. The van der Waals surface area contributed by atoms with Crippen LogP contribution >= 0.6 is 0 Å². The molecule has 0 spiro atoms. The Morgan fingerprint density at radius 1 is 0.830 bits per heavy atom. The monoisotopic (exact) mass is 644 g/mol. The molecule has 1 aliphatic rings. The van der Waals surface area contributed by atoms with Gasteiger partial charge in [-0.25, -0.2) is 0 Å². The first-order chi connectivity index (χ1) is 23.1. The number of aliphatic hydroxyl groups excluding tert-OH is 1. The summed E-state index contributed by atoms with van der Waals surface area (Å²) >= 11 is 0. The van der Waals surface area contributed by atoms with Crippen LogP contribution in [0.15, 0.2) is 84.9 Å². The van der Waals surface area contributed by atoms with E-state index in [4.69, 9.17) is 28.4 Å². The average Bonchev–Trinajstić information content (AvgIpc) is 3.11. The van der Waals surface area contributed by atoms with Crippen LogP contribution < -0.4 is 24.4 Å². The normalized spacial score (nSPS) is 17.1. The van der Waals surface area contributed by atoms with Crippen LogP contribution in [0.2, 0.25) is 0 Å². The molecular formula is C38H48N2O7. The van der Waals surface area contributed by atoms with Crippen molar-refractivity contribution in [1.82, 2.24) is 5.32 Å². The summed E-state index contributed by atoms with van der Waals surface area (Å²) in [6.07, 6.45) is 0.817. The fourth-order valence-corrected chi connectivity index (χ4v) is 5.91. The third kappa shape index (κ3) is 10.1. The molecule has 0 amide bonds. The number of para-hydroxylation sites is 1. The third-order valence-corrected chi connectivity index (χ3v) is 8.28. The van der Waals surface area contributed by atoms with E-state index in [1.54, 1.807) is 14.2 Å². The first-order valence-corrected chi connectivity index (χ1v) is 16.3. The molecule has 1 heterocycles. The number of benzene rings is 4. The SMILES string of the molecule is CNCC(O)COC1CC(OCc2cc(OC)c3ccccc3c2)CN(c2ccc(OCCCOCc3ccccc3OC)cc2)C1. The second-order valence-electron chi connectivity index (χ2n) is 11.8. The maximum atomic E-state index is 10.3. The smallest absolute Gasteiger partial charge is 0.127 e. The molecule has 2 N–H and O–H groups in total. The number of fused-ring (bicyclic) bond motifs is 1. The highest BCUT2D eigenvalue weighted by Gasteiger charge is 2.29. The molecule has 1 aliphatic heterocycles. The van der Waals surface area contributed by atoms with Gasteiger partial charge in [-0.15, -0.1) is 0 Å². The predicted octanol–water partition coefficient (Wildman–Crippen LogP) is 5.60. The molecule has 3 atom stereocenters. The Labute approximate surface area is 278 Å². The summed E-state index contributed by atoms with van der Waals surface area (Å²) in [6.45, 7) is 4.32. The van der Waals surface area contributed by atoms with Crippen molar-refractivity contribution >= 4 is 16.5 Å². The average molecular weight is 645 g/mol. The first kappa shape index (κ1) is 34.5. The molecule has 0 aliphatic carbocycles. The molecule has 4 aromatic carbocycles. The number of hydrogen-bond acceptors (Lipinski definition) is 9. The molecular weight excluding hydrogens is 596 g/mol. The molecule has 0 bridgehead atoms. The van der Waals surface area contributed by atoms with Gasteiger partial charge in [-0.05, 0) is 60.5 Å². The van der Waals surface area contributed by atoms with Gasteiger partial charge in [0, 0.05) is 49.1 Å². The van der Waals surface area contributed by atoms with Crippen LogP contribution in [0, 0.1) is 0 Å². The van der Waals surface area contributed by atoms with Gasteiger partial charge in [-0.1, -0.05) is 42.5 Å². The molecule has 47 heavy (non-hydrogen) atoms. The van der Waals surface area contributed by atoms with Crippen molar-refractivity contribution in [3.8, 4) is 17.2 Å². The van der Waals surface area contributed by atoms with Crippen LogP contribution in [0.4, 0.5) is 5.69 Å². The number of piperidine rings is 1. The number of anilines is 1. The minimum Gasteiger partial charge on any atom is -0.496 e. The van der Waals surface area contributed by atoms with E-state index in [9.17, 15) is 5.11 Å². The van der Waals surface area contributed by atoms with E-state index in [-0.39, 0.29) is 18.8 Å². The summed E-state index contributed by atoms with van der Waals surface area (Å²) in [5.41, 5.74) is 3.17. The number of hydrogen-bond donors (Lipinski definition) is 2. The topological polar surface area (TPSA) is 90.9 Å². The fourth-order valence-electron chi connectivity index (χ4n) is 5.91. The standard InChI is InChI=1S/C38H48N2O7/c1-39-22-32(41)27-47-35-21-34(46-25-28-19-29-9-4-6-11-36(29)38(20-28)43-3)23-40(24-35)31-13-15-33(16-14-31)45-18-8-17-44-26-30-10-5-7-12-37(30)42-2/h4-7,9-16,19-20,32,34-35,39,41H,8,17-18,21-27H2,1-3H3. The Kier molecular flexibility index (Phi) is 13.1. The van der Waals surface area contributed by atoms with Crippen LogP contribution in [-0.4, -0.2) is 84.1 Å². The van der Waals surface area contributed by atoms with E-state index in [1.165, 1.54) is 0 Å². The maximum Gasteiger partial charge on any atom is 0.127 e. The minimum absolute atomic E-state index is 0.0561. The van der Waals surface area contributed by atoms with Gasteiger partial charge >= 0.3 is 0 Å². The molecule has 1 saturated heterocycles. The number of methoxy groups -OCH3 is 2. The Balaban J connectivity index is 1.15. The highest BCUT2D eigenvalue weighted by molar-refractivity contribution is 5.89. The summed E-state index contributed by atoms with van der Waals surface area (Å²) in [5, 5.41) is 15.5. The van der Waals surface area contributed by atoms with Gasteiger partial charge in [-0.3, -0.25) is 0 Å². The van der Waals surface area contributed by atoms with E-state index >= 15 is 0 Å². The van der Waals surface area contributed by atoms with Gasteiger partial charge in [0.15, 0.2) is 0 Å². The Bertz CT molecular complexity index is 1520. The number of aliphatic hydroxyl groups is 1. The third-order valence-electron chi connectivity index (χ3n) is 8.28. The van der Waals surface area contributed by atoms with Crippen molar-refractivity contribution in [3.63, 3.8) is 0 Å². The molecule has 252 valence electrons. The zero-order valence-corrected chi connectivity index (χ0v) is 27.7. The van der Waals surface area contributed by atoms with Crippen molar-refractivity contribution in [2.45, 2.75) is 44.4 Å². The molecule has 9 heteroatoms. The molecule has 0 saturated carbocycles.